The number of aromatic nitrogens is 3. The van der Waals surface area contributed by atoms with E-state index in [9.17, 15) is 13.0 Å². The summed E-state index contributed by atoms with van der Waals surface area (Å²) in [5, 5.41) is 9.26. The molecule has 0 bridgehead atoms. The van der Waals surface area contributed by atoms with Crippen LogP contribution in [0.1, 0.15) is 0 Å². The average Bonchev–Trinajstić information content (AvgIpc) is 2.55. The van der Waals surface area contributed by atoms with E-state index in [2.05, 4.69) is 28.7 Å². The number of rotatable bonds is 2. The van der Waals surface area contributed by atoms with Crippen LogP contribution in [0.4, 0.5) is 0 Å². The van der Waals surface area contributed by atoms with Crippen LogP contribution in [-0.4, -0.2) is 59.5 Å². The van der Waals surface area contributed by atoms with Gasteiger partial charge in [0.25, 0.3) is 0 Å². The average molecular weight is 248 g/mol. The molecule has 0 saturated heterocycles. The second kappa shape index (κ2) is 9.99. The number of aromatic amines is 1. The molecule has 1 heterocycles. The van der Waals surface area contributed by atoms with Crippen molar-refractivity contribution in [2.24, 2.45) is 0 Å². The summed E-state index contributed by atoms with van der Waals surface area (Å²) in [6.45, 7) is 6.54. The van der Waals surface area contributed by atoms with Crippen molar-refractivity contribution >= 4 is 16.8 Å². The van der Waals surface area contributed by atoms with Gasteiger partial charge in [0.1, 0.15) is 20.8 Å². The second-order valence-electron chi connectivity index (χ2n) is 2.75. The summed E-state index contributed by atoms with van der Waals surface area (Å²) in [5.74, 6) is -0.479. The molecule has 92 valence electrons. The first kappa shape index (κ1) is 16.9. The lowest BCUT2D eigenvalue weighted by Gasteiger charge is -1.98. The standard InChI is InChI=1S/C3H8N.C3H6O3S.C2H3N3/c1-4(2)3;1-2-3-7(4,5)6;1-2-4-5-3-1/h1H2,2-3H3;2H,1,3H2,(H,4,5,6);1-2H,(H,3,4,5)/q+1;;/p-1. The monoisotopic (exact) mass is 248 g/mol. The highest BCUT2D eigenvalue weighted by Crippen LogP contribution is 1.78. The molecular weight excluding hydrogens is 232 g/mol. The van der Waals surface area contributed by atoms with Crippen molar-refractivity contribution in [3.63, 3.8) is 0 Å². The smallest absolute Gasteiger partial charge is 0.131 e. The minimum Gasteiger partial charge on any atom is -0.748 e. The molecular formula is C8H16N4O3S. The Hall–Kier alpha value is -1.54. The lowest BCUT2D eigenvalue weighted by molar-refractivity contribution is -0.454. The summed E-state index contributed by atoms with van der Waals surface area (Å²) in [6, 6.07) is 0. The minimum atomic E-state index is -4.04. The van der Waals surface area contributed by atoms with Crippen LogP contribution < -0.4 is 0 Å². The van der Waals surface area contributed by atoms with E-state index in [1.165, 1.54) is 0 Å². The number of nitrogens with one attached hydrogen (secondary N) is 1. The fraction of sp³-hybridized carbons (Fsp3) is 0.375. The molecule has 7 nitrogen and oxygen atoms in total. The van der Waals surface area contributed by atoms with Gasteiger partial charge in [0.05, 0.1) is 22.1 Å². The topological polar surface area (TPSA) is 102 Å². The molecule has 16 heavy (non-hydrogen) atoms. The SMILES string of the molecule is C=CCS(=O)(=O)[O-].C=[N+](C)C.c1c[nH]nn1. The summed E-state index contributed by atoms with van der Waals surface area (Å²) in [5.41, 5.74) is 0. The Bertz CT molecular complexity index is 351. The summed E-state index contributed by atoms with van der Waals surface area (Å²) < 4.78 is 30.6. The van der Waals surface area contributed by atoms with Gasteiger partial charge in [0.2, 0.25) is 0 Å². The third-order valence-electron chi connectivity index (χ3n) is 0.653. The quantitative estimate of drug-likeness (QED) is 0.328. The Kier molecular flexibility index (Phi) is 10.5. The first-order chi connectivity index (χ1) is 7.29. The number of H-pyrrole nitrogens is 1. The normalized spacial score (nSPS) is 8.94. The van der Waals surface area contributed by atoms with Crippen LogP contribution in [0.3, 0.4) is 0 Å². The Morgan fingerprint density at radius 2 is 2.06 bits per heavy atom. The lowest BCUT2D eigenvalue weighted by Crippen LogP contribution is -1.99. The molecule has 1 N–H and O–H groups in total. The van der Waals surface area contributed by atoms with Gasteiger partial charge in [-0.1, -0.05) is 11.3 Å². The largest absolute Gasteiger partial charge is 0.748 e. The van der Waals surface area contributed by atoms with Gasteiger partial charge in [-0.05, 0) is 0 Å². The van der Waals surface area contributed by atoms with Crippen LogP contribution in [-0.2, 0) is 10.1 Å². The first-order valence-electron chi connectivity index (χ1n) is 4.12. The van der Waals surface area contributed by atoms with Gasteiger partial charge in [0.15, 0.2) is 0 Å². The van der Waals surface area contributed by atoms with Gasteiger partial charge in [-0.2, -0.15) is 0 Å². The zero-order chi connectivity index (χ0) is 13.0. The summed E-state index contributed by atoms with van der Waals surface area (Å²) in [6.07, 6.45) is 4.29. The van der Waals surface area contributed by atoms with Crippen molar-refractivity contribution in [1.82, 2.24) is 15.4 Å². The molecule has 0 aliphatic carbocycles. The molecule has 1 rings (SSSR count). The minimum absolute atomic E-state index is 0.479. The maximum Gasteiger partial charge on any atom is 0.131 e. The maximum absolute atomic E-state index is 9.60. The van der Waals surface area contributed by atoms with E-state index >= 15 is 0 Å². The van der Waals surface area contributed by atoms with Gasteiger partial charge in [-0.25, -0.2) is 13.0 Å². The zero-order valence-electron chi connectivity index (χ0n) is 9.33. The van der Waals surface area contributed by atoms with Crippen LogP contribution in [0.15, 0.2) is 25.0 Å². The van der Waals surface area contributed by atoms with E-state index in [4.69, 9.17) is 0 Å². The summed E-state index contributed by atoms with van der Waals surface area (Å²) >= 11 is 0. The molecule has 1 aromatic heterocycles. The first-order valence-corrected chi connectivity index (χ1v) is 5.70. The molecule has 0 unspecified atom stereocenters. The fourth-order valence-corrected chi connectivity index (χ4v) is 0.600. The van der Waals surface area contributed by atoms with Crippen molar-refractivity contribution < 1.29 is 17.5 Å². The Balaban J connectivity index is 0. The highest BCUT2D eigenvalue weighted by molar-refractivity contribution is 7.85. The molecule has 0 aliphatic rings. The molecule has 1 aromatic rings. The van der Waals surface area contributed by atoms with Crippen molar-refractivity contribution in [2.45, 2.75) is 0 Å². The molecule has 0 saturated carbocycles. The predicted molar refractivity (Wildman–Crippen MR) is 60.4 cm³/mol. The fourth-order valence-electron chi connectivity index (χ4n) is 0.311. The Morgan fingerprint density at radius 3 is 2.12 bits per heavy atom. The van der Waals surface area contributed by atoms with Gasteiger partial charge in [-0.3, -0.25) is 5.10 Å². The van der Waals surface area contributed by atoms with Crippen LogP contribution in [0.25, 0.3) is 0 Å². The van der Waals surface area contributed by atoms with Crippen LogP contribution in [0.2, 0.25) is 0 Å². The van der Waals surface area contributed by atoms with Crippen LogP contribution >= 0.6 is 0 Å². The maximum atomic E-state index is 9.60. The molecule has 0 fully saturated rings. The number of hydrogen-bond donors (Lipinski definition) is 1. The lowest BCUT2D eigenvalue weighted by atomic mass is 10.8. The van der Waals surface area contributed by atoms with Crippen LogP contribution in [0.5, 0.6) is 0 Å². The van der Waals surface area contributed by atoms with Gasteiger partial charge < -0.3 is 4.55 Å². The summed E-state index contributed by atoms with van der Waals surface area (Å²) in [4.78, 5) is 0. The molecule has 0 amide bonds. The highest BCUT2D eigenvalue weighted by Gasteiger charge is 1.83. The Morgan fingerprint density at radius 1 is 1.56 bits per heavy atom. The van der Waals surface area contributed by atoms with Crippen LogP contribution in [0, 0.1) is 0 Å². The molecule has 8 heteroatoms. The molecule has 0 aliphatic heterocycles. The molecule has 0 spiro atoms. The van der Waals surface area contributed by atoms with E-state index in [1.54, 1.807) is 17.0 Å². The van der Waals surface area contributed by atoms with Gasteiger partial charge in [0, 0.05) is 6.20 Å². The van der Waals surface area contributed by atoms with E-state index in [0.717, 1.165) is 6.08 Å². The van der Waals surface area contributed by atoms with Gasteiger partial charge >= 0.3 is 0 Å². The Labute approximate surface area is 95.3 Å². The second-order valence-corrected chi connectivity index (χ2v) is 4.20. The molecule has 0 aromatic carbocycles. The number of nitrogens with zero attached hydrogens (tertiary/aromatic N) is 3. The summed E-state index contributed by atoms with van der Waals surface area (Å²) in [7, 11) is -0.264. The highest BCUT2D eigenvalue weighted by atomic mass is 32.2. The van der Waals surface area contributed by atoms with Crippen molar-refractivity contribution in [2.75, 3.05) is 19.8 Å². The third kappa shape index (κ3) is 29.4. The van der Waals surface area contributed by atoms with Crippen molar-refractivity contribution in [1.29, 1.82) is 0 Å². The van der Waals surface area contributed by atoms with E-state index in [-0.39, 0.29) is 0 Å². The van der Waals surface area contributed by atoms with E-state index in [1.807, 2.05) is 14.1 Å². The van der Waals surface area contributed by atoms with Crippen molar-refractivity contribution in [3.05, 3.63) is 25.0 Å². The molecule has 0 radical (unpaired) electrons. The van der Waals surface area contributed by atoms with Gasteiger partial charge in [-0.15, -0.1) is 11.7 Å². The number of hydrogen-bond acceptors (Lipinski definition) is 5. The van der Waals surface area contributed by atoms with E-state index in [0.29, 0.717) is 0 Å². The predicted octanol–water partition coefficient (Wildman–Crippen LogP) is -0.519. The third-order valence-corrected chi connectivity index (χ3v) is 1.30. The van der Waals surface area contributed by atoms with Crippen molar-refractivity contribution in [3.8, 4) is 0 Å². The zero-order valence-corrected chi connectivity index (χ0v) is 10.1. The van der Waals surface area contributed by atoms with E-state index < -0.39 is 15.9 Å². The molecule has 0 atom stereocenters.